The summed E-state index contributed by atoms with van der Waals surface area (Å²) in [5, 5.41) is 7.09. The second kappa shape index (κ2) is 5.42. The topological polar surface area (TPSA) is 84.2 Å². The van der Waals surface area contributed by atoms with E-state index >= 15 is 0 Å². The van der Waals surface area contributed by atoms with E-state index in [1.807, 2.05) is 11.1 Å². The molecule has 1 aliphatic carbocycles. The summed E-state index contributed by atoms with van der Waals surface area (Å²) in [6.07, 6.45) is 5.17. The second-order valence-electron chi connectivity index (χ2n) is 6.38. The van der Waals surface area contributed by atoms with E-state index in [9.17, 15) is 4.79 Å². The average molecular weight is 292 g/mol. The standard InChI is InChI=1S/C15H24N4O2/c1-10-13(9-17-18-10)11-3-5-19(6-4-11)14(20)15(21-2)7-12(16)8-15/h9,11-12H,3-8,16H2,1-2H3,(H,17,18). The number of carbonyl (C=O) groups excluding carboxylic acids is 1. The maximum absolute atomic E-state index is 12.7. The summed E-state index contributed by atoms with van der Waals surface area (Å²) in [6.45, 7) is 3.62. The predicted molar refractivity (Wildman–Crippen MR) is 78.8 cm³/mol. The number of carbonyl (C=O) groups is 1. The molecule has 6 heteroatoms. The first-order valence-corrected chi connectivity index (χ1v) is 7.66. The van der Waals surface area contributed by atoms with Gasteiger partial charge in [0.1, 0.15) is 5.60 Å². The highest BCUT2D eigenvalue weighted by Crippen LogP contribution is 2.38. The van der Waals surface area contributed by atoms with Crippen LogP contribution in [0.5, 0.6) is 0 Å². The molecule has 2 aliphatic rings. The van der Waals surface area contributed by atoms with E-state index in [2.05, 4.69) is 17.1 Å². The third-order valence-corrected chi connectivity index (χ3v) is 5.06. The van der Waals surface area contributed by atoms with Gasteiger partial charge in [-0.2, -0.15) is 5.10 Å². The van der Waals surface area contributed by atoms with Crippen molar-refractivity contribution in [2.24, 2.45) is 5.73 Å². The SMILES string of the molecule is COC1(C(=O)N2CCC(c3cn[nH]c3C)CC2)CC(N)C1. The summed E-state index contributed by atoms with van der Waals surface area (Å²) in [6, 6.07) is 0.0972. The van der Waals surface area contributed by atoms with Crippen molar-refractivity contribution >= 4 is 5.91 Å². The van der Waals surface area contributed by atoms with E-state index in [4.69, 9.17) is 10.5 Å². The van der Waals surface area contributed by atoms with Crippen LogP contribution in [0.2, 0.25) is 0 Å². The molecular weight excluding hydrogens is 268 g/mol. The monoisotopic (exact) mass is 292 g/mol. The summed E-state index contributed by atoms with van der Waals surface area (Å²) in [5.74, 6) is 0.615. The Morgan fingerprint density at radius 1 is 1.48 bits per heavy atom. The Kier molecular flexibility index (Phi) is 3.75. The number of hydrogen-bond acceptors (Lipinski definition) is 4. The van der Waals surface area contributed by atoms with Crippen LogP contribution in [0.1, 0.15) is 42.9 Å². The predicted octanol–water partition coefficient (Wildman–Crippen LogP) is 0.930. The second-order valence-corrected chi connectivity index (χ2v) is 6.38. The molecule has 2 heterocycles. The number of ether oxygens (including phenoxy) is 1. The molecule has 116 valence electrons. The first-order valence-electron chi connectivity index (χ1n) is 7.66. The van der Waals surface area contributed by atoms with Crippen molar-refractivity contribution < 1.29 is 9.53 Å². The Bertz CT molecular complexity index is 513. The number of aromatic amines is 1. The number of hydrogen-bond donors (Lipinski definition) is 2. The number of nitrogens with one attached hydrogen (secondary N) is 1. The normalized spacial score (nSPS) is 30.2. The zero-order valence-electron chi connectivity index (χ0n) is 12.8. The minimum absolute atomic E-state index is 0.0972. The summed E-state index contributed by atoms with van der Waals surface area (Å²) < 4.78 is 5.49. The van der Waals surface area contributed by atoms with Crippen LogP contribution in [-0.2, 0) is 9.53 Å². The van der Waals surface area contributed by atoms with Crippen LogP contribution in [0, 0.1) is 6.92 Å². The zero-order valence-corrected chi connectivity index (χ0v) is 12.8. The highest BCUT2D eigenvalue weighted by Gasteiger charge is 2.51. The van der Waals surface area contributed by atoms with Gasteiger partial charge in [-0.15, -0.1) is 0 Å². The molecule has 3 N–H and O–H groups in total. The molecule has 1 aromatic rings. The Morgan fingerprint density at radius 3 is 2.62 bits per heavy atom. The molecule has 0 aromatic carbocycles. The lowest BCUT2D eigenvalue weighted by Crippen LogP contribution is -2.62. The number of methoxy groups -OCH3 is 1. The fourth-order valence-corrected chi connectivity index (χ4v) is 3.67. The lowest BCUT2D eigenvalue weighted by molar-refractivity contribution is -0.169. The lowest BCUT2D eigenvalue weighted by Gasteiger charge is -2.47. The number of H-pyrrole nitrogens is 1. The number of aryl methyl sites for hydroxylation is 1. The Morgan fingerprint density at radius 2 is 2.14 bits per heavy atom. The molecule has 0 atom stereocenters. The van der Waals surface area contributed by atoms with Crippen molar-refractivity contribution in [3.05, 3.63) is 17.5 Å². The number of nitrogens with zero attached hydrogens (tertiary/aromatic N) is 2. The summed E-state index contributed by atoms with van der Waals surface area (Å²) in [7, 11) is 1.62. The number of likely N-dealkylation sites (tertiary alicyclic amines) is 1. The molecule has 1 aromatic heterocycles. The molecule has 1 saturated carbocycles. The minimum atomic E-state index is -0.655. The molecule has 0 bridgehead atoms. The van der Waals surface area contributed by atoms with Gasteiger partial charge >= 0.3 is 0 Å². The van der Waals surface area contributed by atoms with E-state index in [-0.39, 0.29) is 11.9 Å². The maximum Gasteiger partial charge on any atom is 0.254 e. The van der Waals surface area contributed by atoms with E-state index in [0.29, 0.717) is 18.8 Å². The molecule has 3 rings (SSSR count). The summed E-state index contributed by atoms with van der Waals surface area (Å²) in [5.41, 5.74) is 7.61. The average Bonchev–Trinajstić information content (AvgIpc) is 2.89. The van der Waals surface area contributed by atoms with Crippen LogP contribution in [0.3, 0.4) is 0 Å². The molecule has 0 unspecified atom stereocenters. The number of amides is 1. The molecular formula is C15H24N4O2. The Hall–Kier alpha value is -1.40. The van der Waals surface area contributed by atoms with Gasteiger partial charge in [0.25, 0.3) is 5.91 Å². The van der Waals surface area contributed by atoms with Crippen LogP contribution < -0.4 is 5.73 Å². The maximum atomic E-state index is 12.7. The van der Waals surface area contributed by atoms with Crippen LogP contribution in [-0.4, -0.2) is 52.8 Å². The van der Waals surface area contributed by atoms with E-state index in [1.165, 1.54) is 5.56 Å². The van der Waals surface area contributed by atoms with Gasteiger partial charge in [0.2, 0.25) is 0 Å². The highest BCUT2D eigenvalue weighted by atomic mass is 16.5. The minimum Gasteiger partial charge on any atom is -0.368 e. The van der Waals surface area contributed by atoms with Crippen LogP contribution >= 0.6 is 0 Å². The fourth-order valence-electron chi connectivity index (χ4n) is 3.67. The molecule has 0 radical (unpaired) electrons. The third-order valence-electron chi connectivity index (χ3n) is 5.06. The molecule has 1 amide bonds. The Labute approximate surface area is 125 Å². The number of nitrogens with two attached hydrogens (primary N) is 1. The van der Waals surface area contributed by atoms with Crippen molar-refractivity contribution in [2.45, 2.75) is 50.2 Å². The number of aromatic nitrogens is 2. The Balaban J connectivity index is 1.61. The first-order chi connectivity index (χ1) is 10.1. The van der Waals surface area contributed by atoms with Gasteiger partial charge in [-0.3, -0.25) is 9.89 Å². The summed E-state index contributed by atoms with van der Waals surface area (Å²) >= 11 is 0. The van der Waals surface area contributed by atoms with Gasteiger partial charge < -0.3 is 15.4 Å². The van der Waals surface area contributed by atoms with E-state index < -0.39 is 5.60 Å². The highest BCUT2D eigenvalue weighted by molar-refractivity contribution is 5.86. The number of piperidine rings is 1. The van der Waals surface area contributed by atoms with Crippen molar-refractivity contribution in [3.63, 3.8) is 0 Å². The largest absolute Gasteiger partial charge is 0.368 e. The summed E-state index contributed by atoms with van der Waals surface area (Å²) in [4.78, 5) is 14.6. The first kappa shape index (κ1) is 14.5. The molecule has 1 aliphatic heterocycles. The molecule has 2 fully saturated rings. The van der Waals surface area contributed by atoms with Crippen molar-refractivity contribution in [1.82, 2.24) is 15.1 Å². The van der Waals surface area contributed by atoms with Crippen LogP contribution in [0.15, 0.2) is 6.20 Å². The zero-order chi connectivity index (χ0) is 15.0. The molecule has 1 saturated heterocycles. The van der Waals surface area contributed by atoms with Crippen molar-refractivity contribution in [2.75, 3.05) is 20.2 Å². The van der Waals surface area contributed by atoms with E-state index in [0.717, 1.165) is 31.6 Å². The molecule has 0 spiro atoms. The van der Waals surface area contributed by atoms with Gasteiger partial charge in [-0.1, -0.05) is 0 Å². The van der Waals surface area contributed by atoms with Crippen molar-refractivity contribution in [1.29, 1.82) is 0 Å². The fraction of sp³-hybridized carbons (Fsp3) is 0.733. The van der Waals surface area contributed by atoms with Gasteiger partial charge in [0, 0.05) is 44.8 Å². The van der Waals surface area contributed by atoms with Crippen molar-refractivity contribution in [3.8, 4) is 0 Å². The smallest absolute Gasteiger partial charge is 0.254 e. The van der Waals surface area contributed by atoms with E-state index in [1.54, 1.807) is 7.11 Å². The van der Waals surface area contributed by atoms with Crippen LogP contribution in [0.4, 0.5) is 0 Å². The quantitative estimate of drug-likeness (QED) is 0.868. The molecule has 6 nitrogen and oxygen atoms in total. The van der Waals surface area contributed by atoms with Gasteiger partial charge in [-0.05, 0) is 31.2 Å². The third kappa shape index (κ3) is 2.46. The number of rotatable bonds is 3. The molecule has 21 heavy (non-hydrogen) atoms. The lowest BCUT2D eigenvalue weighted by atomic mass is 9.74. The van der Waals surface area contributed by atoms with Gasteiger partial charge in [0.15, 0.2) is 0 Å². The van der Waals surface area contributed by atoms with Gasteiger partial charge in [0.05, 0.1) is 6.20 Å². The van der Waals surface area contributed by atoms with Gasteiger partial charge in [-0.25, -0.2) is 0 Å². The van der Waals surface area contributed by atoms with Crippen LogP contribution in [0.25, 0.3) is 0 Å².